The van der Waals surface area contributed by atoms with Crippen molar-refractivity contribution in [2.75, 3.05) is 5.32 Å². The smallest absolute Gasteiger partial charge is 0.274 e. The molecule has 0 aliphatic carbocycles. The monoisotopic (exact) mass is 243 g/mol. The molecule has 1 heterocycles. The van der Waals surface area contributed by atoms with Crippen molar-refractivity contribution >= 4 is 11.5 Å². The Morgan fingerprint density at radius 3 is 2.67 bits per heavy atom. The summed E-state index contributed by atoms with van der Waals surface area (Å²) in [5, 5.41) is 13.8. The highest BCUT2D eigenvalue weighted by atomic mass is 16.6. The molecule has 0 fully saturated rings. The fourth-order valence-electron chi connectivity index (χ4n) is 1.66. The van der Waals surface area contributed by atoms with Gasteiger partial charge in [0.05, 0.1) is 11.0 Å². The van der Waals surface area contributed by atoms with E-state index in [1.54, 1.807) is 0 Å². The molecule has 1 atom stereocenters. The number of hydrogen-bond donors (Lipinski definition) is 1. The molecule has 1 N–H and O–H groups in total. The van der Waals surface area contributed by atoms with E-state index in [4.69, 9.17) is 0 Å². The molecule has 0 aliphatic rings. The lowest BCUT2D eigenvalue weighted by atomic mass is 10.1. The minimum Gasteiger partial charge on any atom is -0.363 e. The van der Waals surface area contributed by atoms with Crippen molar-refractivity contribution in [3.05, 3.63) is 64.3 Å². The van der Waals surface area contributed by atoms with Gasteiger partial charge in [0.25, 0.3) is 5.69 Å². The van der Waals surface area contributed by atoms with Crippen LogP contribution in [-0.4, -0.2) is 9.91 Å². The molecule has 2 aromatic rings. The molecule has 1 aromatic heterocycles. The molecular formula is C13H13N3O2. The van der Waals surface area contributed by atoms with Gasteiger partial charge in [-0.15, -0.1) is 0 Å². The van der Waals surface area contributed by atoms with Crippen LogP contribution >= 0.6 is 0 Å². The Morgan fingerprint density at radius 2 is 2.00 bits per heavy atom. The number of nitrogens with one attached hydrogen (secondary N) is 1. The highest BCUT2D eigenvalue weighted by Gasteiger charge is 2.09. The van der Waals surface area contributed by atoms with E-state index in [-0.39, 0.29) is 11.7 Å². The van der Waals surface area contributed by atoms with E-state index in [2.05, 4.69) is 10.3 Å². The lowest BCUT2D eigenvalue weighted by molar-refractivity contribution is -0.384. The number of aromatic nitrogens is 1. The lowest BCUT2D eigenvalue weighted by Crippen LogP contribution is -2.07. The third kappa shape index (κ3) is 2.82. The standard InChI is InChI=1S/C13H13N3O2/c1-10(11-5-3-2-4-6-11)15-13-9-12(16(17)18)7-8-14-13/h2-10H,1H3,(H,14,15). The second-order valence-corrected chi connectivity index (χ2v) is 3.93. The fourth-order valence-corrected chi connectivity index (χ4v) is 1.66. The van der Waals surface area contributed by atoms with Crippen LogP contribution in [0.4, 0.5) is 11.5 Å². The molecule has 0 bridgehead atoms. The van der Waals surface area contributed by atoms with Crippen molar-refractivity contribution in [3.63, 3.8) is 0 Å². The van der Waals surface area contributed by atoms with Crippen LogP contribution in [0.2, 0.25) is 0 Å². The van der Waals surface area contributed by atoms with Crippen molar-refractivity contribution in [1.82, 2.24) is 4.98 Å². The summed E-state index contributed by atoms with van der Waals surface area (Å²) in [6.07, 6.45) is 1.43. The molecule has 0 spiro atoms. The summed E-state index contributed by atoms with van der Waals surface area (Å²) in [4.78, 5) is 14.3. The van der Waals surface area contributed by atoms with Crippen LogP contribution in [0.15, 0.2) is 48.7 Å². The highest BCUT2D eigenvalue weighted by Crippen LogP contribution is 2.20. The molecule has 5 heteroatoms. The lowest BCUT2D eigenvalue weighted by Gasteiger charge is -2.14. The minimum atomic E-state index is -0.431. The van der Waals surface area contributed by atoms with Crippen LogP contribution in [0.5, 0.6) is 0 Å². The Hall–Kier alpha value is -2.43. The Balaban J connectivity index is 2.14. The first-order valence-electron chi connectivity index (χ1n) is 5.59. The molecule has 0 aliphatic heterocycles. The number of anilines is 1. The number of nitrogens with zero attached hydrogens (tertiary/aromatic N) is 2. The third-order valence-electron chi connectivity index (χ3n) is 2.62. The molecular weight excluding hydrogens is 230 g/mol. The maximum atomic E-state index is 10.7. The summed E-state index contributed by atoms with van der Waals surface area (Å²) in [6.45, 7) is 1.98. The van der Waals surface area contributed by atoms with Gasteiger partial charge in [-0.25, -0.2) is 4.98 Å². The van der Waals surface area contributed by atoms with E-state index < -0.39 is 4.92 Å². The third-order valence-corrected chi connectivity index (χ3v) is 2.62. The SMILES string of the molecule is CC(Nc1cc([N+](=O)[O-])ccn1)c1ccccc1. The molecule has 0 radical (unpaired) electrons. The van der Waals surface area contributed by atoms with E-state index >= 15 is 0 Å². The first-order chi connectivity index (χ1) is 8.66. The summed E-state index contributed by atoms with van der Waals surface area (Å²) in [5.74, 6) is 0.501. The van der Waals surface area contributed by atoms with Crippen molar-refractivity contribution in [3.8, 4) is 0 Å². The van der Waals surface area contributed by atoms with E-state index in [0.717, 1.165) is 5.56 Å². The first-order valence-corrected chi connectivity index (χ1v) is 5.59. The largest absolute Gasteiger partial charge is 0.363 e. The molecule has 18 heavy (non-hydrogen) atoms. The summed E-state index contributed by atoms with van der Waals surface area (Å²) < 4.78 is 0. The van der Waals surface area contributed by atoms with Gasteiger partial charge in [0.2, 0.25) is 0 Å². The number of hydrogen-bond acceptors (Lipinski definition) is 4. The van der Waals surface area contributed by atoms with Gasteiger partial charge in [-0.05, 0) is 12.5 Å². The average molecular weight is 243 g/mol. The summed E-state index contributed by atoms with van der Waals surface area (Å²) in [5.41, 5.74) is 1.14. The van der Waals surface area contributed by atoms with Crippen LogP contribution in [0.1, 0.15) is 18.5 Å². The first kappa shape index (κ1) is 12.0. The van der Waals surface area contributed by atoms with Crippen molar-refractivity contribution in [1.29, 1.82) is 0 Å². The van der Waals surface area contributed by atoms with E-state index in [9.17, 15) is 10.1 Å². The second kappa shape index (κ2) is 5.27. The fraction of sp³-hybridized carbons (Fsp3) is 0.154. The molecule has 1 unspecified atom stereocenters. The van der Waals surface area contributed by atoms with Gasteiger partial charge < -0.3 is 5.32 Å². The number of nitro groups is 1. The van der Waals surface area contributed by atoms with Crippen LogP contribution in [-0.2, 0) is 0 Å². The predicted octanol–water partition coefficient (Wildman–Crippen LogP) is 3.16. The number of rotatable bonds is 4. The average Bonchev–Trinajstić information content (AvgIpc) is 2.40. The van der Waals surface area contributed by atoms with Gasteiger partial charge in [-0.3, -0.25) is 10.1 Å². The minimum absolute atomic E-state index is 0.0350. The van der Waals surface area contributed by atoms with Gasteiger partial charge in [0.1, 0.15) is 5.82 Å². The quantitative estimate of drug-likeness (QED) is 0.661. The Morgan fingerprint density at radius 1 is 1.28 bits per heavy atom. The van der Waals surface area contributed by atoms with Gasteiger partial charge in [0, 0.05) is 18.3 Å². The predicted molar refractivity (Wildman–Crippen MR) is 69.4 cm³/mol. The zero-order chi connectivity index (χ0) is 13.0. The number of benzene rings is 1. The molecule has 0 amide bonds. The summed E-state index contributed by atoms with van der Waals surface area (Å²) in [6, 6.07) is 12.7. The van der Waals surface area contributed by atoms with Crippen molar-refractivity contribution in [2.24, 2.45) is 0 Å². The zero-order valence-corrected chi connectivity index (χ0v) is 9.91. The van der Waals surface area contributed by atoms with Gasteiger partial charge in [-0.1, -0.05) is 30.3 Å². The molecule has 1 aromatic carbocycles. The van der Waals surface area contributed by atoms with E-state index in [0.29, 0.717) is 5.82 Å². The zero-order valence-electron chi connectivity index (χ0n) is 9.91. The molecule has 5 nitrogen and oxygen atoms in total. The van der Waals surface area contributed by atoms with Gasteiger partial charge >= 0.3 is 0 Å². The molecule has 92 valence electrons. The molecule has 0 saturated carbocycles. The van der Waals surface area contributed by atoms with Gasteiger partial charge in [0.15, 0.2) is 0 Å². The van der Waals surface area contributed by atoms with Crippen LogP contribution in [0, 0.1) is 10.1 Å². The summed E-state index contributed by atoms with van der Waals surface area (Å²) >= 11 is 0. The van der Waals surface area contributed by atoms with Crippen LogP contribution < -0.4 is 5.32 Å². The second-order valence-electron chi connectivity index (χ2n) is 3.93. The highest BCUT2D eigenvalue weighted by molar-refractivity contribution is 5.45. The molecule has 2 rings (SSSR count). The van der Waals surface area contributed by atoms with Crippen LogP contribution in [0.3, 0.4) is 0 Å². The van der Waals surface area contributed by atoms with E-state index in [1.165, 1.54) is 18.3 Å². The van der Waals surface area contributed by atoms with Crippen molar-refractivity contribution < 1.29 is 4.92 Å². The van der Waals surface area contributed by atoms with Gasteiger partial charge in [-0.2, -0.15) is 0 Å². The molecule has 0 saturated heterocycles. The maximum Gasteiger partial charge on any atom is 0.274 e. The van der Waals surface area contributed by atoms with E-state index in [1.807, 2.05) is 37.3 Å². The topological polar surface area (TPSA) is 68.1 Å². The maximum absolute atomic E-state index is 10.7. The normalized spacial score (nSPS) is 11.8. The Kier molecular flexibility index (Phi) is 3.52. The summed E-state index contributed by atoms with van der Waals surface area (Å²) in [7, 11) is 0. The van der Waals surface area contributed by atoms with Crippen LogP contribution in [0.25, 0.3) is 0 Å². The number of pyridine rings is 1. The Bertz CT molecular complexity index is 543. The van der Waals surface area contributed by atoms with Crippen molar-refractivity contribution in [2.45, 2.75) is 13.0 Å². The Labute approximate surface area is 105 Å².